The monoisotopic (exact) mass is 303 g/mol. The van der Waals surface area contributed by atoms with Crippen molar-refractivity contribution in [2.75, 3.05) is 25.2 Å². The van der Waals surface area contributed by atoms with Gasteiger partial charge in [0.05, 0.1) is 7.11 Å². The molecule has 0 radical (unpaired) electrons. The second-order valence-corrected chi connectivity index (χ2v) is 5.78. The van der Waals surface area contributed by atoms with Gasteiger partial charge in [0, 0.05) is 11.8 Å². The maximum absolute atomic E-state index is 12.3. The summed E-state index contributed by atoms with van der Waals surface area (Å²) < 4.78 is 34.1. The van der Waals surface area contributed by atoms with Gasteiger partial charge in [-0.3, -0.25) is 0 Å². The van der Waals surface area contributed by atoms with Crippen LogP contribution in [0.2, 0.25) is 0 Å². The lowest BCUT2D eigenvalue weighted by molar-refractivity contribution is -0.0512. The Kier molecular flexibility index (Phi) is 5.91. The summed E-state index contributed by atoms with van der Waals surface area (Å²) in [4.78, 5) is 0. The van der Waals surface area contributed by atoms with Crippen molar-refractivity contribution in [3.8, 4) is 11.5 Å². The fraction of sp³-hybridized carbons (Fsp3) is 0.571. The number of methoxy groups -OCH3 is 1. The zero-order chi connectivity index (χ0) is 14.4. The first-order chi connectivity index (χ1) is 9.69. The summed E-state index contributed by atoms with van der Waals surface area (Å²) in [5.41, 5.74) is 0.958. The molecule has 2 rings (SSSR count). The van der Waals surface area contributed by atoms with Gasteiger partial charge in [0.1, 0.15) is 0 Å². The largest absolute Gasteiger partial charge is 0.493 e. The molecule has 3 nitrogen and oxygen atoms in total. The summed E-state index contributed by atoms with van der Waals surface area (Å²) in [6.07, 6.45) is 1.98. The maximum atomic E-state index is 12.3. The second kappa shape index (κ2) is 7.69. The van der Waals surface area contributed by atoms with Crippen LogP contribution in [0.25, 0.3) is 0 Å². The first-order valence-electron chi connectivity index (χ1n) is 6.62. The Bertz CT molecular complexity index is 426. The van der Waals surface area contributed by atoms with Crippen LogP contribution >= 0.6 is 11.8 Å². The molecule has 0 spiro atoms. The number of hydrogen-bond acceptors (Lipinski definition) is 4. The maximum Gasteiger partial charge on any atom is 0.387 e. The Morgan fingerprint density at radius 1 is 1.40 bits per heavy atom. The summed E-state index contributed by atoms with van der Waals surface area (Å²) >= 11 is 1.96. The molecule has 0 bridgehead atoms. The molecule has 1 fully saturated rings. The Morgan fingerprint density at radius 2 is 2.25 bits per heavy atom. The number of rotatable bonds is 7. The molecule has 1 N–H and O–H groups in total. The normalized spacial score (nSPS) is 18.5. The Labute approximate surface area is 122 Å². The second-order valence-electron chi connectivity index (χ2n) is 4.63. The van der Waals surface area contributed by atoms with E-state index in [1.807, 2.05) is 17.8 Å². The van der Waals surface area contributed by atoms with Crippen LogP contribution in [0.15, 0.2) is 18.2 Å². The smallest absolute Gasteiger partial charge is 0.387 e. The van der Waals surface area contributed by atoms with Crippen LogP contribution in [0.5, 0.6) is 11.5 Å². The van der Waals surface area contributed by atoms with Crippen LogP contribution in [0.3, 0.4) is 0 Å². The molecule has 1 aromatic rings. The van der Waals surface area contributed by atoms with Crippen molar-refractivity contribution in [2.45, 2.75) is 25.5 Å². The first-order valence-corrected chi connectivity index (χ1v) is 7.77. The highest BCUT2D eigenvalue weighted by atomic mass is 32.2. The van der Waals surface area contributed by atoms with Crippen molar-refractivity contribution in [1.29, 1.82) is 0 Å². The predicted octanol–water partition coefficient (Wildman–Crippen LogP) is 2.93. The first kappa shape index (κ1) is 15.4. The molecule has 1 saturated heterocycles. The Morgan fingerprint density at radius 3 is 2.90 bits per heavy atom. The van der Waals surface area contributed by atoms with Gasteiger partial charge in [0.15, 0.2) is 11.5 Å². The lowest BCUT2D eigenvalue weighted by Crippen LogP contribution is -2.30. The number of hydrogen-bond donors (Lipinski definition) is 1. The van der Waals surface area contributed by atoms with Gasteiger partial charge in [-0.1, -0.05) is 6.07 Å². The third-order valence-electron chi connectivity index (χ3n) is 3.22. The van der Waals surface area contributed by atoms with Gasteiger partial charge in [-0.15, -0.1) is 0 Å². The van der Waals surface area contributed by atoms with Crippen molar-refractivity contribution in [1.82, 2.24) is 5.32 Å². The van der Waals surface area contributed by atoms with Crippen LogP contribution in [-0.4, -0.2) is 37.8 Å². The summed E-state index contributed by atoms with van der Waals surface area (Å²) in [5.74, 6) is 2.79. The van der Waals surface area contributed by atoms with E-state index < -0.39 is 6.61 Å². The summed E-state index contributed by atoms with van der Waals surface area (Å²) in [7, 11) is 1.44. The van der Waals surface area contributed by atoms with Gasteiger partial charge in [-0.2, -0.15) is 20.5 Å². The molecule has 0 saturated carbocycles. The minimum Gasteiger partial charge on any atom is -0.493 e. The molecular formula is C14H19F2NO2S. The lowest BCUT2D eigenvalue weighted by atomic mass is 10.1. The highest BCUT2D eigenvalue weighted by Crippen LogP contribution is 2.29. The van der Waals surface area contributed by atoms with E-state index in [9.17, 15) is 8.78 Å². The summed E-state index contributed by atoms with van der Waals surface area (Å²) in [6.45, 7) is -2.00. The fourth-order valence-corrected chi connectivity index (χ4v) is 3.37. The fourth-order valence-electron chi connectivity index (χ4n) is 2.18. The number of halogens is 2. The van der Waals surface area contributed by atoms with Crippen molar-refractivity contribution in [3.63, 3.8) is 0 Å². The molecule has 0 aromatic heterocycles. The van der Waals surface area contributed by atoms with E-state index in [1.165, 1.54) is 19.3 Å². The van der Waals surface area contributed by atoms with Gasteiger partial charge >= 0.3 is 6.61 Å². The van der Waals surface area contributed by atoms with Crippen LogP contribution in [0.4, 0.5) is 8.78 Å². The zero-order valence-electron chi connectivity index (χ0n) is 11.4. The minimum absolute atomic E-state index is 0.0939. The third-order valence-corrected chi connectivity index (χ3v) is 4.38. The number of benzene rings is 1. The van der Waals surface area contributed by atoms with Crippen LogP contribution < -0.4 is 14.8 Å². The average molecular weight is 303 g/mol. The molecule has 112 valence electrons. The highest BCUT2D eigenvalue weighted by molar-refractivity contribution is 7.99. The highest BCUT2D eigenvalue weighted by Gasteiger charge is 2.15. The van der Waals surface area contributed by atoms with Gasteiger partial charge in [-0.05, 0) is 42.8 Å². The Hall–Kier alpha value is -1.01. The van der Waals surface area contributed by atoms with Crippen LogP contribution in [0.1, 0.15) is 12.0 Å². The molecule has 0 unspecified atom stereocenters. The van der Waals surface area contributed by atoms with E-state index in [2.05, 4.69) is 10.1 Å². The van der Waals surface area contributed by atoms with Gasteiger partial charge in [-0.25, -0.2) is 0 Å². The molecule has 1 aliphatic rings. The van der Waals surface area contributed by atoms with Crippen molar-refractivity contribution < 1.29 is 18.3 Å². The van der Waals surface area contributed by atoms with E-state index in [1.54, 1.807) is 12.1 Å². The topological polar surface area (TPSA) is 30.5 Å². The molecule has 0 aliphatic carbocycles. The van der Waals surface area contributed by atoms with Gasteiger partial charge < -0.3 is 14.8 Å². The SMILES string of the molecule is COc1ccc(CCN[C@@H]2CCSC2)cc1OC(F)F. The molecule has 6 heteroatoms. The molecular weight excluding hydrogens is 284 g/mol. The molecule has 1 atom stereocenters. The zero-order valence-corrected chi connectivity index (χ0v) is 12.2. The molecule has 1 aliphatic heterocycles. The van der Waals surface area contributed by atoms with Gasteiger partial charge in [0.25, 0.3) is 0 Å². The number of ether oxygens (including phenoxy) is 2. The quantitative estimate of drug-likeness (QED) is 0.839. The summed E-state index contributed by atoms with van der Waals surface area (Å²) in [5, 5.41) is 3.48. The van der Waals surface area contributed by atoms with Crippen LogP contribution in [0, 0.1) is 0 Å². The standard InChI is InChI=1S/C14H19F2NO2S/c1-18-12-3-2-10(8-13(12)19-14(15)16)4-6-17-11-5-7-20-9-11/h2-3,8,11,14,17H,4-7,9H2,1H3/t11-/m1/s1. The molecule has 1 heterocycles. The Balaban J connectivity index is 1.90. The number of thioether (sulfide) groups is 1. The molecule has 20 heavy (non-hydrogen) atoms. The number of nitrogens with one attached hydrogen (secondary N) is 1. The van der Waals surface area contributed by atoms with E-state index >= 15 is 0 Å². The van der Waals surface area contributed by atoms with E-state index in [0.717, 1.165) is 24.3 Å². The van der Waals surface area contributed by atoms with E-state index in [0.29, 0.717) is 11.8 Å². The molecule has 1 aromatic carbocycles. The van der Waals surface area contributed by atoms with Crippen molar-refractivity contribution >= 4 is 11.8 Å². The van der Waals surface area contributed by atoms with Crippen molar-refractivity contribution in [2.24, 2.45) is 0 Å². The third kappa shape index (κ3) is 4.52. The number of alkyl halides is 2. The van der Waals surface area contributed by atoms with Gasteiger partial charge in [0.2, 0.25) is 0 Å². The van der Waals surface area contributed by atoms with E-state index in [-0.39, 0.29) is 5.75 Å². The predicted molar refractivity (Wildman–Crippen MR) is 77.1 cm³/mol. The van der Waals surface area contributed by atoms with Crippen molar-refractivity contribution in [3.05, 3.63) is 23.8 Å². The average Bonchev–Trinajstić information content (AvgIpc) is 2.91. The minimum atomic E-state index is -2.84. The summed E-state index contributed by atoms with van der Waals surface area (Å²) in [6, 6.07) is 5.74. The molecule has 0 amide bonds. The lowest BCUT2D eigenvalue weighted by Gasteiger charge is -2.13. The van der Waals surface area contributed by atoms with Crippen LogP contribution in [-0.2, 0) is 6.42 Å². The van der Waals surface area contributed by atoms with E-state index in [4.69, 9.17) is 4.74 Å².